The Balaban J connectivity index is 2.08. The van der Waals surface area contributed by atoms with Crippen molar-refractivity contribution < 1.29 is 0 Å². The van der Waals surface area contributed by atoms with E-state index in [9.17, 15) is 0 Å². The average molecular weight is 267 g/mol. The second-order valence-electron chi connectivity index (χ2n) is 3.65. The molecule has 0 radical (unpaired) electrons. The maximum absolute atomic E-state index is 5.84. The molecule has 0 saturated carbocycles. The van der Waals surface area contributed by atoms with Gasteiger partial charge >= 0.3 is 0 Å². The van der Waals surface area contributed by atoms with Gasteiger partial charge in [-0.3, -0.25) is 10.4 Å². The Labute approximate surface area is 111 Å². The van der Waals surface area contributed by atoms with Gasteiger partial charge in [-0.15, -0.1) is 0 Å². The van der Waals surface area contributed by atoms with Crippen LogP contribution >= 0.6 is 23.2 Å². The summed E-state index contributed by atoms with van der Waals surface area (Å²) in [6.45, 7) is 0. The zero-order valence-corrected chi connectivity index (χ0v) is 10.8. The Hall–Kier alpha value is -1.38. The van der Waals surface area contributed by atoms with Gasteiger partial charge in [0.25, 0.3) is 0 Å². The number of hydrogen-bond acceptors (Lipinski definition) is 2. The van der Waals surface area contributed by atoms with Gasteiger partial charge in [-0.05, 0) is 48.5 Å². The monoisotopic (exact) mass is 266 g/mol. The van der Waals surface area contributed by atoms with Crippen LogP contribution in [0, 0.1) is 0 Å². The Morgan fingerprint density at radius 1 is 0.824 bits per heavy atom. The number of nitrogens with one attached hydrogen (secondary N) is 1. The third-order valence-electron chi connectivity index (χ3n) is 2.35. The molecule has 2 aromatic rings. The summed E-state index contributed by atoms with van der Waals surface area (Å²) < 4.78 is 0. The molecule has 2 nitrogen and oxygen atoms in total. The van der Waals surface area contributed by atoms with Gasteiger partial charge in [0.15, 0.2) is 0 Å². The highest BCUT2D eigenvalue weighted by Crippen LogP contribution is 2.19. The van der Waals surface area contributed by atoms with Crippen molar-refractivity contribution in [3.63, 3.8) is 0 Å². The molecule has 0 aliphatic rings. The van der Waals surface area contributed by atoms with Crippen LogP contribution in [0.15, 0.2) is 48.5 Å². The molecule has 0 aliphatic carbocycles. The van der Waals surface area contributed by atoms with E-state index in [0.29, 0.717) is 0 Å². The minimum absolute atomic E-state index is 0.727. The lowest BCUT2D eigenvalue weighted by Crippen LogP contribution is -2.24. The van der Waals surface area contributed by atoms with Gasteiger partial charge in [0.2, 0.25) is 0 Å². The number of rotatable bonds is 3. The van der Waals surface area contributed by atoms with E-state index in [4.69, 9.17) is 23.2 Å². The van der Waals surface area contributed by atoms with Crippen LogP contribution in [0.1, 0.15) is 0 Å². The van der Waals surface area contributed by atoms with Crippen LogP contribution in [0.4, 0.5) is 11.4 Å². The second kappa shape index (κ2) is 5.30. The SMILES string of the molecule is CN(Nc1ccc(Cl)cc1)c1ccc(Cl)cc1. The van der Waals surface area contributed by atoms with E-state index in [2.05, 4.69) is 5.43 Å². The van der Waals surface area contributed by atoms with Gasteiger partial charge in [-0.1, -0.05) is 23.2 Å². The summed E-state index contributed by atoms with van der Waals surface area (Å²) in [5.41, 5.74) is 5.25. The van der Waals surface area contributed by atoms with E-state index in [0.717, 1.165) is 21.4 Å². The molecule has 2 rings (SSSR count). The van der Waals surface area contributed by atoms with E-state index < -0.39 is 0 Å². The number of nitrogens with zero attached hydrogens (tertiary/aromatic N) is 1. The quantitative estimate of drug-likeness (QED) is 0.826. The number of halogens is 2. The van der Waals surface area contributed by atoms with Gasteiger partial charge in [0.1, 0.15) is 0 Å². The summed E-state index contributed by atoms with van der Waals surface area (Å²) >= 11 is 11.7. The second-order valence-corrected chi connectivity index (χ2v) is 4.53. The highest BCUT2D eigenvalue weighted by Gasteiger charge is 2.00. The highest BCUT2D eigenvalue weighted by molar-refractivity contribution is 6.30. The summed E-state index contributed by atoms with van der Waals surface area (Å²) in [6.07, 6.45) is 0. The first-order valence-corrected chi connectivity index (χ1v) is 5.92. The lowest BCUT2D eigenvalue weighted by Gasteiger charge is -2.21. The fourth-order valence-corrected chi connectivity index (χ4v) is 1.70. The number of hydrazine groups is 1. The van der Waals surface area contributed by atoms with Crippen molar-refractivity contribution in [3.05, 3.63) is 58.6 Å². The largest absolute Gasteiger partial charge is 0.299 e. The minimum atomic E-state index is 0.727. The predicted molar refractivity (Wildman–Crippen MR) is 74.9 cm³/mol. The van der Waals surface area contributed by atoms with Crippen molar-refractivity contribution in [2.24, 2.45) is 0 Å². The zero-order valence-electron chi connectivity index (χ0n) is 9.32. The molecule has 1 N–H and O–H groups in total. The van der Waals surface area contributed by atoms with Crippen molar-refractivity contribution in [2.45, 2.75) is 0 Å². The van der Waals surface area contributed by atoms with Gasteiger partial charge in [-0.25, -0.2) is 0 Å². The van der Waals surface area contributed by atoms with E-state index in [1.165, 1.54) is 0 Å². The molecular formula is C13H12Cl2N2. The molecule has 0 saturated heterocycles. The maximum Gasteiger partial charge on any atom is 0.0569 e. The summed E-state index contributed by atoms with van der Waals surface area (Å²) in [5.74, 6) is 0. The lowest BCUT2D eigenvalue weighted by molar-refractivity contribution is 1.09. The molecule has 2 aromatic carbocycles. The Bertz CT molecular complexity index is 480. The third-order valence-corrected chi connectivity index (χ3v) is 2.86. The van der Waals surface area contributed by atoms with Crippen molar-refractivity contribution in [2.75, 3.05) is 17.5 Å². The number of hydrogen-bond donors (Lipinski definition) is 1. The third kappa shape index (κ3) is 3.29. The molecule has 0 atom stereocenters. The summed E-state index contributed by atoms with van der Waals surface area (Å²) in [6, 6.07) is 15.2. The van der Waals surface area contributed by atoms with Gasteiger partial charge < -0.3 is 0 Å². The summed E-state index contributed by atoms with van der Waals surface area (Å²) in [7, 11) is 1.94. The fraction of sp³-hybridized carbons (Fsp3) is 0.0769. The van der Waals surface area contributed by atoms with Crippen molar-refractivity contribution in [1.82, 2.24) is 0 Å². The lowest BCUT2D eigenvalue weighted by atomic mass is 10.3. The molecular weight excluding hydrogens is 255 g/mol. The van der Waals surface area contributed by atoms with Crippen LogP contribution in [-0.2, 0) is 0 Å². The predicted octanol–water partition coefficient (Wildman–Crippen LogP) is 4.46. The fourth-order valence-electron chi connectivity index (χ4n) is 1.45. The van der Waals surface area contributed by atoms with E-state index in [-0.39, 0.29) is 0 Å². The van der Waals surface area contributed by atoms with Crippen LogP contribution in [0.25, 0.3) is 0 Å². The summed E-state index contributed by atoms with van der Waals surface area (Å²) in [5, 5.41) is 3.37. The molecule has 0 unspecified atom stereocenters. The maximum atomic E-state index is 5.84. The normalized spacial score (nSPS) is 10.1. The molecule has 0 fully saturated rings. The Morgan fingerprint density at radius 2 is 1.29 bits per heavy atom. The molecule has 4 heteroatoms. The highest BCUT2D eigenvalue weighted by atomic mass is 35.5. The first kappa shape index (κ1) is 12.1. The molecule has 17 heavy (non-hydrogen) atoms. The number of benzene rings is 2. The number of anilines is 2. The van der Waals surface area contributed by atoms with Crippen LogP contribution < -0.4 is 10.4 Å². The van der Waals surface area contributed by atoms with Crippen molar-refractivity contribution >= 4 is 34.6 Å². The van der Waals surface area contributed by atoms with Gasteiger partial charge in [-0.2, -0.15) is 0 Å². The molecule has 0 heterocycles. The van der Waals surface area contributed by atoms with Crippen LogP contribution in [-0.4, -0.2) is 7.05 Å². The topological polar surface area (TPSA) is 15.3 Å². The Morgan fingerprint density at radius 3 is 1.82 bits per heavy atom. The van der Waals surface area contributed by atoms with Gasteiger partial charge in [0.05, 0.1) is 11.4 Å². The minimum Gasteiger partial charge on any atom is -0.299 e. The van der Waals surface area contributed by atoms with E-state index in [1.807, 2.05) is 60.6 Å². The van der Waals surface area contributed by atoms with Gasteiger partial charge in [0, 0.05) is 17.1 Å². The molecule has 88 valence electrons. The van der Waals surface area contributed by atoms with Crippen molar-refractivity contribution in [1.29, 1.82) is 0 Å². The Kier molecular flexibility index (Phi) is 3.77. The first-order valence-electron chi connectivity index (χ1n) is 5.17. The summed E-state index contributed by atoms with van der Waals surface area (Å²) in [4.78, 5) is 0. The average Bonchev–Trinajstić information content (AvgIpc) is 2.33. The smallest absolute Gasteiger partial charge is 0.0569 e. The first-order chi connectivity index (χ1) is 8.15. The molecule has 0 spiro atoms. The van der Waals surface area contributed by atoms with E-state index in [1.54, 1.807) is 0 Å². The molecule has 0 aromatic heterocycles. The van der Waals surface area contributed by atoms with Crippen LogP contribution in [0.3, 0.4) is 0 Å². The van der Waals surface area contributed by atoms with Crippen LogP contribution in [0.5, 0.6) is 0 Å². The van der Waals surface area contributed by atoms with Crippen molar-refractivity contribution in [3.8, 4) is 0 Å². The van der Waals surface area contributed by atoms with E-state index >= 15 is 0 Å². The zero-order chi connectivity index (χ0) is 12.3. The van der Waals surface area contributed by atoms with Crippen LogP contribution in [0.2, 0.25) is 10.0 Å². The molecule has 0 amide bonds. The molecule has 0 bridgehead atoms. The molecule has 0 aliphatic heterocycles. The standard InChI is InChI=1S/C13H12Cl2N2/c1-17(13-8-4-11(15)5-9-13)16-12-6-2-10(14)3-7-12/h2-9,16H,1H3.